The topological polar surface area (TPSA) is 88.1 Å². The molecule has 0 saturated heterocycles. The molecular weight excluding hydrogens is 604 g/mol. The maximum Gasteiger partial charge on any atom is 0.338 e. The predicted molar refractivity (Wildman–Crippen MR) is 187 cm³/mol. The first-order valence-corrected chi connectivity index (χ1v) is 15.5. The maximum atomic E-state index is 12.7. The summed E-state index contributed by atoms with van der Waals surface area (Å²) < 4.78 is 21.6. The van der Waals surface area contributed by atoms with E-state index in [9.17, 15) is 14.4 Å². The summed E-state index contributed by atoms with van der Waals surface area (Å²) in [6.45, 7) is 10.6. The number of aryl methyl sites for hydroxylation is 1. The molecule has 0 aromatic heterocycles. The van der Waals surface area contributed by atoms with Crippen molar-refractivity contribution in [1.82, 2.24) is 0 Å². The Morgan fingerprint density at radius 3 is 1.69 bits per heavy atom. The van der Waals surface area contributed by atoms with Crippen LogP contribution in [0, 0.1) is 0 Å². The van der Waals surface area contributed by atoms with Gasteiger partial charge < -0.3 is 18.9 Å². The minimum Gasteiger partial charge on any atom is -0.497 e. The van der Waals surface area contributed by atoms with Gasteiger partial charge in [0.1, 0.15) is 11.5 Å². The number of carbonyl (C=O) groups is 3. The van der Waals surface area contributed by atoms with Gasteiger partial charge in [0, 0.05) is 17.6 Å². The molecule has 5 rings (SSSR count). The molecule has 0 aliphatic carbocycles. The molecule has 0 saturated carbocycles. The molecule has 0 amide bonds. The number of benzene rings is 5. The number of fused-ring (bicyclic) bond motifs is 1. The fourth-order valence-corrected chi connectivity index (χ4v) is 4.91. The lowest BCUT2D eigenvalue weighted by Gasteiger charge is -2.13. The Morgan fingerprint density at radius 2 is 1.15 bits per heavy atom. The highest BCUT2D eigenvalue weighted by molar-refractivity contribution is 5.92. The molecule has 242 valence electrons. The molecule has 0 heterocycles. The van der Waals surface area contributed by atoms with Gasteiger partial charge in [-0.2, -0.15) is 0 Å². The summed E-state index contributed by atoms with van der Waals surface area (Å²) in [5, 5.41) is 2.26. The molecule has 0 aliphatic rings. The summed E-state index contributed by atoms with van der Waals surface area (Å²) in [6.07, 6.45) is 0.797. The van der Waals surface area contributed by atoms with E-state index in [0.29, 0.717) is 24.2 Å². The number of hydrogen-bond donors (Lipinski definition) is 0. The second-order valence-electron chi connectivity index (χ2n) is 11.3. The monoisotopic (exact) mass is 640 g/mol. The van der Waals surface area contributed by atoms with Gasteiger partial charge >= 0.3 is 17.9 Å². The van der Waals surface area contributed by atoms with Crippen LogP contribution >= 0.6 is 0 Å². The molecule has 0 unspecified atom stereocenters. The summed E-state index contributed by atoms with van der Waals surface area (Å²) in [7, 11) is 1.66. The van der Waals surface area contributed by atoms with Crippen LogP contribution < -0.4 is 18.9 Å². The van der Waals surface area contributed by atoms with Crippen molar-refractivity contribution >= 4 is 28.7 Å². The molecule has 48 heavy (non-hydrogen) atoms. The van der Waals surface area contributed by atoms with Crippen LogP contribution in [0.1, 0.15) is 32.3 Å². The molecule has 0 spiro atoms. The summed E-state index contributed by atoms with van der Waals surface area (Å²) in [4.78, 5) is 37.2. The highest BCUT2D eigenvalue weighted by Crippen LogP contribution is 2.32. The largest absolute Gasteiger partial charge is 0.497 e. The van der Waals surface area contributed by atoms with Crippen molar-refractivity contribution in [3.63, 3.8) is 0 Å². The van der Waals surface area contributed by atoms with Gasteiger partial charge in [0.15, 0.2) is 11.5 Å². The molecule has 0 atom stereocenters. The van der Waals surface area contributed by atoms with Crippen LogP contribution in [0.25, 0.3) is 33.0 Å². The summed E-state index contributed by atoms with van der Waals surface area (Å²) in [5.41, 5.74) is 5.45. The normalized spacial score (nSPS) is 10.6. The fourth-order valence-electron chi connectivity index (χ4n) is 4.91. The average molecular weight is 641 g/mol. The Labute approximate surface area is 280 Å². The Morgan fingerprint density at radius 1 is 0.604 bits per heavy atom. The van der Waals surface area contributed by atoms with E-state index in [-0.39, 0.29) is 29.1 Å². The molecule has 5 aromatic rings. The van der Waals surface area contributed by atoms with Gasteiger partial charge in [-0.1, -0.05) is 74.7 Å². The highest BCUT2D eigenvalue weighted by Gasteiger charge is 2.17. The lowest BCUT2D eigenvalue weighted by Crippen LogP contribution is -2.14. The number of ether oxygens (including phenoxy) is 4. The smallest absolute Gasteiger partial charge is 0.338 e. The van der Waals surface area contributed by atoms with Crippen molar-refractivity contribution in [3.05, 3.63) is 133 Å². The van der Waals surface area contributed by atoms with Crippen molar-refractivity contribution in [2.24, 2.45) is 0 Å². The Balaban J connectivity index is 1.21. The Bertz CT molecular complexity index is 2000. The van der Waals surface area contributed by atoms with Crippen LogP contribution in [0.3, 0.4) is 0 Å². The van der Waals surface area contributed by atoms with E-state index in [2.05, 4.69) is 49.6 Å². The number of esters is 3. The minimum absolute atomic E-state index is 0.0491. The highest BCUT2D eigenvalue weighted by atomic mass is 16.6. The molecule has 0 fully saturated rings. The fraction of sp³-hybridized carbons (Fsp3) is 0.146. The third-order valence-corrected chi connectivity index (χ3v) is 7.78. The van der Waals surface area contributed by atoms with Gasteiger partial charge in [-0.15, -0.1) is 0 Å². The summed E-state index contributed by atoms with van der Waals surface area (Å²) >= 11 is 0. The van der Waals surface area contributed by atoms with Crippen LogP contribution in [0.15, 0.2) is 127 Å². The van der Waals surface area contributed by atoms with Gasteiger partial charge in [0.05, 0.1) is 7.11 Å². The lowest BCUT2D eigenvalue weighted by atomic mass is 9.97. The molecule has 5 aromatic carbocycles. The molecular formula is C41H36O7. The third kappa shape index (κ3) is 8.25. The van der Waals surface area contributed by atoms with Crippen molar-refractivity contribution in [1.29, 1.82) is 0 Å². The van der Waals surface area contributed by atoms with E-state index in [1.165, 1.54) is 13.0 Å². The zero-order valence-electron chi connectivity index (χ0n) is 27.2. The molecule has 0 aliphatic heterocycles. The van der Waals surface area contributed by atoms with Gasteiger partial charge in [-0.25, -0.2) is 9.59 Å². The summed E-state index contributed by atoms with van der Waals surface area (Å²) in [5.74, 6) is -0.323. The van der Waals surface area contributed by atoms with Crippen LogP contribution in [0.4, 0.5) is 0 Å². The van der Waals surface area contributed by atoms with Crippen LogP contribution in [0.5, 0.6) is 23.0 Å². The standard InChI is InChI=1S/C41H36O7/c1-6-27(4)41(44)47-37-21-7-28(23-38(37)48-40(43)26(2)3)8-22-39(42)46-36-19-15-30(16-20-36)32-10-12-33-24-31(9-11-34(33)25-32)29-13-17-35(45-5)18-14-29/h7,9-21,23-25H,2,4,6,8,22H2,1,3,5H3. The van der Waals surface area contributed by atoms with Crippen LogP contribution in [0.2, 0.25) is 0 Å². The SMILES string of the molecule is C=C(C)C(=O)Oc1cc(CCC(=O)Oc2ccc(-c3ccc4cc(-c5ccc(OC)cc5)ccc4c3)cc2)ccc1OC(=O)C(=C)CC. The average Bonchev–Trinajstić information content (AvgIpc) is 3.11. The lowest BCUT2D eigenvalue weighted by molar-refractivity contribution is -0.134. The minimum atomic E-state index is -0.663. The third-order valence-electron chi connectivity index (χ3n) is 7.78. The van der Waals surface area contributed by atoms with E-state index in [1.807, 2.05) is 36.4 Å². The van der Waals surface area contributed by atoms with Crippen molar-refractivity contribution < 1.29 is 33.3 Å². The van der Waals surface area contributed by atoms with Gasteiger partial charge in [-0.05, 0) is 107 Å². The summed E-state index contributed by atoms with van der Waals surface area (Å²) in [6, 6.07) is 32.9. The van der Waals surface area contributed by atoms with E-state index in [1.54, 1.807) is 38.3 Å². The van der Waals surface area contributed by atoms with Gasteiger partial charge in [0.2, 0.25) is 0 Å². The quantitative estimate of drug-likeness (QED) is 0.0764. The molecule has 0 radical (unpaired) electrons. The van der Waals surface area contributed by atoms with E-state index >= 15 is 0 Å². The maximum absolute atomic E-state index is 12.7. The van der Waals surface area contributed by atoms with Gasteiger partial charge in [-0.3, -0.25) is 4.79 Å². The Kier molecular flexibility index (Phi) is 10.5. The van der Waals surface area contributed by atoms with E-state index < -0.39 is 17.9 Å². The number of carbonyl (C=O) groups excluding carboxylic acids is 3. The zero-order valence-corrected chi connectivity index (χ0v) is 27.2. The van der Waals surface area contributed by atoms with E-state index in [0.717, 1.165) is 38.8 Å². The van der Waals surface area contributed by atoms with Gasteiger partial charge in [0.25, 0.3) is 0 Å². The predicted octanol–water partition coefficient (Wildman–Crippen LogP) is 9.07. The number of rotatable bonds is 12. The Hall–Kier alpha value is -5.95. The van der Waals surface area contributed by atoms with Crippen molar-refractivity contribution in [2.75, 3.05) is 7.11 Å². The first-order valence-electron chi connectivity index (χ1n) is 15.5. The van der Waals surface area contributed by atoms with Crippen LogP contribution in [-0.4, -0.2) is 25.0 Å². The molecule has 7 nitrogen and oxygen atoms in total. The number of methoxy groups -OCH3 is 1. The van der Waals surface area contributed by atoms with Crippen LogP contribution in [-0.2, 0) is 20.8 Å². The molecule has 0 N–H and O–H groups in total. The van der Waals surface area contributed by atoms with E-state index in [4.69, 9.17) is 18.9 Å². The number of hydrogen-bond acceptors (Lipinski definition) is 7. The van der Waals surface area contributed by atoms with Crippen molar-refractivity contribution in [3.8, 4) is 45.3 Å². The zero-order chi connectivity index (χ0) is 34.2. The first-order chi connectivity index (χ1) is 23.1. The first kappa shape index (κ1) is 33.4. The second kappa shape index (κ2) is 15.1. The molecule has 0 bridgehead atoms. The molecule has 7 heteroatoms. The second-order valence-corrected chi connectivity index (χ2v) is 11.3. The van der Waals surface area contributed by atoms with Crippen molar-refractivity contribution in [2.45, 2.75) is 33.1 Å².